The van der Waals surface area contributed by atoms with Gasteiger partial charge in [-0.15, -0.1) is 0 Å². The van der Waals surface area contributed by atoms with Crippen molar-refractivity contribution in [3.8, 4) is 0 Å². The predicted octanol–water partition coefficient (Wildman–Crippen LogP) is 3.54. The smallest absolute Gasteiger partial charge is 0.420 e. The summed E-state index contributed by atoms with van der Waals surface area (Å²) in [6.45, 7) is 5.78. The first-order valence-electron chi connectivity index (χ1n) is 5.74. The van der Waals surface area contributed by atoms with E-state index in [2.05, 4.69) is 21.3 Å². The molecule has 0 unspecified atom stereocenters. The van der Waals surface area contributed by atoms with Crippen molar-refractivity contribution in [2.24, 2.45) is 5.16 Å². The maximum absolute atomic E-state index is 11.8. The number of halogens is 1. The lowest BCUT2D eigenvalue weighted by atomic mass is 10.1. The SMILES string of the molecule is CC(C)(C)OC(=O)N(Br)Cc1cccc(C=NO)c1. The average Bonchev–Trinajstić information content (AvgIpc) is 2.27. The summed E-state index contributed by atoms with van der Waals surface area (Å²) >= 11 is 3.17. The van der Waals surface area contributed by atoms with Gasteiger partial charge in [0.2, 0.25) is 0 Å². The molecule has 0 aliphatic heterocycles. The Morgan fingerprint density at radius 3 is 2.79 bits per heavy atom. The highest BCUT2D eigenvalue weighted by molar-refractivity contribution is 9.07. The second-order valence-electron chi connectivity index (χ2n) is 4.99. The molecular formula is C13H17BrN2O3. The van der Waals surface area contributed by atoms with Crippen LogP contribution < -0.4 is 0 Å². The fourth-order valence-electron chi connectivity index (χ4n) is 1.37. The van der Waals surface area contributed by atoms with Crippen molar-refractivity contribution in [2.45, 2.75) is 32.9 Å². The van der Waals surface area contributed by atoms with Crippen LogP contribution in [0.1, 0.15) is 31.9 Å². The normalized spacial score (nSPS) is 11.6. The van der Waals surface area contributed by atoms with Gasteiger partial charge in [0, 0.05) is 0 Å². The van der Waals surface area contributed by atoms with Crippen LogP contribution in [0, 0.1) is 0 Å². The number of ether oxygens (including phenoxy) is 1. The minimum atomic E-state index is -0.533. The van der Waals surface area contributed by atoms with E-state index < -0.39 is 11.7 Å². The van der Waals surface area contributed by atoms with Gasteiger partial charge in [-0.25, -0.2) is 8.72 Å². The van der Waals surface area contributed by atoms with Crippen molar-refractivity contribution in [1.29, 1.82) is 0 Å². The molecule has 0 fully saturated rings. The van der Waals surface area contributed by atoms with Gasteiger partial charge < -0.3 is 9.94 Å². The van der Waals surface area contributed by atoms with Crippen LogP contribution in [-0.2, 0) is 11.3 Å². The summed E-state index contributed by atoms with van der Waals surface area (Å²) < 4.78 is 6.54. The molecule has 0 saturated carbocycles. The van der Waals surface area contributed by atoms with Gasteiger partial charge in [0.05, 0.1) is 28.9 Å². The first-order valence-corrected chi connectivity index (χ1v) is 6.45. The summed E-state index contributed by atoms with van der Waals surface area (Å²) in [4.78, 5) is 11.8. The van der Waals surface area contributed by atoms with E-state index in [-0.39, 0.29) is 0 Å². The fraction of sp³-hybridized carbons (Fsp3) is 0.385. The number of rotatable bonds is 3. The van der Waals surface area contributed by atoms with Gasteiger partial charge >= 0.3 is 6.09 Å². The molecule has 1 amide bonds. The lowest BCUT2D eigenvalue weighted by Gasteiger charge is -2.23. The van der Waals surface area contributed by atoms with Gasteiger partial charge in [-0.1, -0.05) is 23.4 Å². The van der Waals surface area contributed by atoms with Crippen molar-refractivity contribution in [3.63, 3.8) is 0 Å². The number of carbonyl (C=O) groups is 1. The van der Waals surface area contributed by atoms with Crippen LogP contribution in [0.4, 0.5) is 4.79 Å². The van der Waals surface area contributed by atoms with Gasteiger partial charge in [-0.05, 0) is 38.0 Å². The van der Waals surface area contributed by atoms with Crippen LogP contribution in [0.25, 0.3) is 0 Å². The maximum Gasteiger partial charge on any atom is 0.420 e. The monoisotopic (exact) mass is 328 g/mol. The molecule has 0 aliphatic carbocycles. The number of carbonyl (C=O) groups excluding carboxylic acids is 1. The predicted molar refractivity (Wildman–Crippen MR) is 76.5 cm³/mol. The molecule has 0 saturated heterocycles. The highest BCUT2D eigenvalue weighted by Gasteiger charge is 2.20. The number of amides is 1. The molecule has 0 aliphatic rings. The van der Waals surface area contributed by atoms with Gasteiger partial charge in [0.15, 0.2) is 0 Å². The minimum Gasteiger partial charge on any atom is -0.443 e. The second kappa shape index (κ2) is 6.56. The van der Waals surface area contributed by atoms with Gasteiger partial charge in [-0.2, -0.15) is 0 Å². The summed E-state index contributed by atoms with van der Waals surface area (Å²) in [5.41, 5.74) is 1.11. The molecule has 1 aromatic rings. The number of oxime groups is 1. The first-order chi connectivity index (χ1) is 8.81. The Morgan fingerprint density at radius 1 is 1.53 bits per heavy atom. The molecule has 104 valence electrons. The quantitative estimate of drug-likeness (QED) is 0.399. The van der Waals surface area contributed by atoms with Gasteiger partial charge in [-0.3, -0.25) is 0 Å². The van der Waals surface area contributed by atoms with Crippen LogP contribution in [0.15, 0.2) is 29.4 Å². The zero-order valence-electron chi connectivity index (χ0n) is 11.1. The van der Waals surface area contributed by atoms with Gasteiger partial charge in [0.1, 0.15) is 5.60 Å². The minimum absolute atomic E-state index is 0.349. The highest BCUT2D eigenvalue weighted by Crippen LogP contribution is 2.16. The zero-order valence-corrected chi connectivity index (χ0v) is 12.7. The molecule has 0 heterocycles. The number of benzene rings is 1. The molecular weight excluding hydrogens is 312 g/mol. The lowest BCUT2D eigenvalue weighted by molar-refractivity contribution is 0.0407. The molecule has 1 rings (SSSR count). The van der Waals surface area contributed by atoms with E-state index in [1.807, 2.05) is 39.0 Å². The topological polar surface area (TPSA) is 62.1 Å². The average molecular weight is 329 g/mol. The van der Waals surface area contributed by atoms with E-state index in [1.54, 1.807) is 6.07 Å². The van der Waals surface area contributed by atoms with E-state index in [9.17, 15) is 4.79 Å². The number of hydrogen-bond donors (Lipinski definition) is 1. The molecule has 0 atom stereocenters. The first kappa shape index (κ1) is 15.5. The highest BCUT2D eigenvalue weighted by atomic mass is 79.9. The Morgan fingerprint density at radius 2 is 2.21 bits per heavy atom. The zero-order chi connectivity index (χ0) is 14.5. The van der Waals surface area contributed by atoms with E-state index in [0.717, 1.165) is 11.1 Å². The summed E-state index contributed by atoms with van der Waals surface area (Å²) in [6, 6.07) is 7.31. The molecule has 0 radical (unpaired) electrons. The third kappa shape index (κ3) is 5.74. The summed E-state index contributed by atoms with van der Waals surface area (Å²) in [5, 5.41) is 11.5. The second-order valence-corrected chi connectivity index (χ2v) is 5.85. The van der Waals surface area contributed by atoms with Crippen molar-refractivity contribution >= 4 is 28.5 Å². The third-order valence-corrected chi connectivity index (χ3v) is 2.61. The van der Waals surface area contributed by atoms with Crippen molar-refractivity contribution in [1.82, 2.24) is 3.93 Å². The molecule has 19 heavy (non-hydrogen) atoms. The van der Waals surface area contributed by atoms with Crippen LogP contribution in [0.5, 0.6) is 0 Å². The van der Waals surface area contributed by atoms with Crippen LogP contribution in [-0.4, -0.2) is 27.0 Å². The standard InChI is InChI=1S/C13H17BrN2O3/c1-13(2,3)19-12(17)16(14)9-11-6-4-5-10(7-11)8-15-18/h4-8,18H,9H2,1-3H3. The largest absolute Gasteiger partial charge is 0.443 e. The molecule has 6 heteroatoms. The molecule has 1 N–H and O–H groups in total. The van der Waals surface area contributed by atoms with E-state index in [4.69, 9.17) is 9.94 Å². The van der Waals surface area contributed by atoms with Crippen molar-refractivity contribution < 1.29 is 14.7 Å². The molecule has 5 nitrogen and oxygen atoms in total. The Kier molecular flexibility index (Phi) is 5.35. The van der Waals surface area contributed by atoms with Crippen molar-refractivity contribution in [2.75, 3.05) is 0 Å². The lowest BCUT2D eigenvalue weighted by Crippen LogP contribution is -2.30. The summed E-state index contributed by atoms with van der Waals surface area (Å²) in [6.07, 6.45) is 0.879. The van der Waals surface area contributed by atoms with Gasteiger partial charge in [0.25, 0.3) is 0 Å². The third-order valence-electron chi connectivity index (χ3n) is 2.07. The van der Waals surface area contributed by atoms with Crippen LogP contribution >= 0.6 is 16.1 Å². The molecule has 0 spiro atoms. The van der Waals surface area contributed by atoms with Crippen molar-refractivity contribution in [3.05, 3.63) is 35.4 Å². The van der Waals surface area contributed by atoms with E-state index in [1.165, 1.54) is 10.1 Å². The summed E-state index contributed by atoms with van der Waals surface area (Å²) in [5.74, 6) is 0. The van der Waals surface area contributed by atoms with Crippen LogP contribution in [0.2, 0.25) is 0 Å². The molecule has 1 aromatic carbocycles. The van der Waals surface area contributed by atoms with E-state index in [0.29, 0.717) is 6.54 Å². The van der Waals surface area contributed by atoms with E-state index >= 15 is 0 Å². The Hall–Kier alpha value is -1.56. The number of nitrogens with zero attached hydrogens (tertiary/aromatic N) is 2. The number of hydrogen-bond acceptors (Lipinski definition) is 4. The summed E-state index contributed by atoms with van der Waals surface area (Å²) in [7, 11) is 0. The molecule has 0 aromatic heterocycles. The Balaban J connectivity index is 2.68. The maximum atomic E-state index is 11.8. The van der Waals surface area contributed by atoms with Crippen LogP contribution in [0.3, 0.4) is 0 Å². The Bertz CT molecular complexity index is 469. The Labute approximate surface area is 121 Å². The molecule has 0 bridgehead atoms. The fourth-order valence-corrected chi connectivity index (χ4v) is 1.74.